The number of nitriles is 1. The van der Waals surface area contributed by atoms with E-state index in [4.69, 9.17) is 16.9 Å². The van der Waals surface area contributed by atoms with Crippen LogP contribution < -0.4 is 5.32 Å². The lowest BCUT2D eigenvalue weighted by atomic mass is 10.1. The summed E-state index contributed by atoms with van der Waals surface area (Å²) in [4.78, 5) is 30.1. The van der Waals surface area contributed by atoms with Crippen molar-refractivity contribution in [3.63, 3.8) is 0 Å². The minimum Gasteiger partial charge on any atom is -0.340 e. The van der Waals surface area contributed by atoms with Gasteiger partial charge in [-0.3, -0.25) is 14.5 Å². The lowest BCUT2D eigenvalue weighted by Gasteiger charge is -2.34. The molecule has 2 amide bonds. The average Bonchev–Trinajstić information content (AvgIpc) is 2.80. The Bertz CT molecular complexity index is 986. The van der Waals surface area contributed by atoms with Crippen molar-refractivity contribution in [2.75, 3.05) is 43.8 Å². The number of anilines is 1. The maximum absolute atomic E-state index is 12.6. The molecule has 0 saturated carbocycles. The maximum Gasteiger partial charge on any atom is 0.238 e. The van der Waals surface area contributed by atoms with Gasteiger partial charge in [0.15, 0.2) is 0 Å². The number of nitrogens with one attached hydrogen (secondary N) is 1. The second kappa shape index (κ2) is 11.9. The van der Waals surface area contributed by atoms with Crippen LogP contribution in [0.25, 0.3) is 0 Å². The number of halogens is 1. The quantitative estimate of drug-likeness (QED) is 0.592. The summed E-state index contributed by atoms with van der Waals surface area (Å²) in [7, 11) is 0. The Labute approximate surface area is 198 Å². The van der Waals surface area contributed by atoms with Crippen LogP contribution >= 0.6 is 23.4 Å². The van der Waals surface area contributed by atoms with Crippen LogP contribution in [0.4, 0.5) is 5.69 Å². The zero-order valence-electron chi connectivity index (χ0n) is 18.1. The van der Waals surface area contributed by atoms with E-state index < -0.39 is 0 Å². The van der Waals surface area contributed by atoms with Gasteiger partial charge < -0.3 is 10.2 Å². The monoisotopic (exact) mass is 470 g/mol. The Morgan fingerprint density at radius 1 is 1.12 bits per heavy atom. The van der Waals surface area contributed by atoms with Crippen LogP contribution in [-0.4, -0.2) is 60.1 Å². The van der Waals surface area contributed by atoms with Gasteiger partial charge in [0.25, 0.3) is 0 Å². The average molecular weight is 471 g/mol. The van der Waals surface area contributed by atoms with E-state index in [1.165, 1.54) is 0 Å². The lowest BCUT2D eigenvalue weighted by Crippen LogP contribution is -2.50. The summed E-state index contributed by atoms with van der Waals surface area (Å²) in [6.45, 7) is 4.65. The Morgan fingerprint density at radius 3 is 2.53 bits per heavy atom. The second-order valence-electron chi connectivity index (χ2n) is 7.81. The van der Waals surface area contributed by atoms with Gasteiger partial charge in [0, 0.05) is 41.8 Å². The molecule has 0 radical (unpaired) electrons. The molecular weight excluding hydrogens is 444 g/mol. The van der Waals surface area contributed by atoms with Crippen molar-refractivity contribution in [1.82, 2.24) is 9.80 Å². The van der Waals surface area contributed by atoms with Crippen LogP contribution in [0.3, 0.4) is 0 Å². The number of carbonyl (C=O) groups is 2. The summed E-state index contributed by atoms with van der Waals surface area (Å²) in [5, 5.41) is 12.6. The number of piperazine rings is 1. The second-order valence-corrected chi connectivity index (χ2v) is 9.28. The molecule has 1 saturated heterocycles. The van der Waals surface area contributed by atoms with E-state index in [1.54, 1.807) is 17.8 Å². The summed E-state index contributed by atoms with van der Waals surface area (Å²) in [6, 6.07) is 17.3. The van der Waals surface area contributed by atoms with Crippen LogP contribution in [0.2, 0.25) is 5.02 Å². The number of rotatable bonds is 8. The van der Waals surface area contributed by atoms with Gasteiger partial charge in [-0.15, -0.1) is 11.8 Å². The molecule has 6 nitrogen and oxygen atoms in total. The largest absolute Gasteiger partial charge is 0.340 e. The number of thioether (sulfide) groups is 1. The van der Waals surface area contributed by atoms with Crippen molar-refractivity contribution in [2.45, 2.75) is 18.2 Å². The van der Waals surface area contributed by atoms with Crippen molar-refractivity contribution in [3.05, 3.63) is 59.1 Å². The zero-order valence-corrected chi connectivity index (χ0v) is 19.7. The molecule has 1 N–H and O–H groups in total. The SMILES string of the molecule is CC(C#N)CSc1ccccc1NC(=O)CN1CCN(C(=O)Cc2ccccc2Cl)CC1. The smallest absolute Gasteiger partial charge is 0.238 e. The topological polar surface area (TPSA) is 76.4 Å². The number of para-hydroxylation sites is 1. The van der Waals surface area contributed by atoms with Crippen molar-refractivity contribution in [2.24, 2.45) is 5.92 Å². The number of hydrogen-bond acceptors (Lipinski definition) is 5. The van der Waals surface area contributed by atoms with Crippen molar-refractivity contribution in [3.8, 4) is 6.07 Å². The molecule has 1 fully saturated rings. The molecule has 0 aliphatic carbocycles. The molecule has 32 heavy (non-hydrogen) atoms. The van der Waals surface area contributed by atoms with Crippen LogP contribution in [0.15, 0.2) is 53.4 Å². The first-order valence-corrected chi connectivity index (χ1v) is 12.0. The predicted octanol–water partition coefficient (Wildman–Crippen LogP) is 3.92. The molecule has 8 heteroatoms. The van der Waals surface area contributed by atoms with Gasteiger partial charge in [-0.1, -0.05) is 41.9 Å². The molecule has 0 bridgehead atoms. The van der Waals surface area contributed by atoms with Crippen LogP contribution in [0.5, 0.6) is 0 Å². The van der Waals surface area contributed by atoms with Gasteiger partial charge in [-0.2, -0.15) is 5.26 Å². The summed E-state index contributed by atoms with van der Waals surface area (Å²) in [5.74, 6) is 0.593. The first-order valence-electron chi connectivity index (χ1n) is 10.6. The number of hydrogen-bond donors (Lipinski definition) is 1. The molecule has 1 heterocycles. The van der Waals surface area contributed by atoms with E-state index in [-0.39, 0.29) is 24.3 Å². The molecule has 0 aromatic heterocycles. The lowest BCUT2D eigenvalue weighted by molar-refractivity contribution is -0.132. The van der Waals surface area contributed by atoms with Gasteiger partial charge in [-0.05, 0) is 30.7 Å². The molecular formula is C24H27ClN4O2S. The van der Waals surface area contributed by atoms with Crippen LogP contribution in [0.1, 0.15) is 12.5 Å². The fourth-order valence-corrected chi connectivity index (χ4v) is 4.57. The van der Waals surface area contributed by atoms with Crippen LogP contribution in [-0.2, 0) is 16.0 Å². The van der Waals surface area contributed by atoms with Gasteiger partial charge in [0.1, 0.15) is 0 Å². The van der Waals surface area contributed by atoms with Crippen molar-refractivity contribution >= 4 is 40.9 Å². The molecule has 2 aromatic carbocycles. The van der Waals surface area contributed by atoms with Gasteiger partial charge in [0.05, 0.1) is 30.6 Å². The van der Waals surface area contributed by atoms with Crippen LogP contribution in [0, 0.1) is 17.2 Å². The maximum atomic E-state index is 12.6. The first kappa shape index (κ1) is 24.1. The highest BCUT2D eigenvalue weighted by Gasteiger charge is 2.23. The number of benzene rings is 2. The van der Waals surface area contributed by atoms with E-state index in [1.807, 2.05) is 54.3 Å². The Morgan fingerprint density at radius 2 is 1.81 bits per heavy atom. The summed E-state index contributed by atoms with van der Waals surface area (Å²) < 4.78 is 0. The molecule has 1 unspecified atom stereocenters. The highest BCUT2D eigenvalue weighted by atomic mass is 35.5. The minimum atomic E-state index is -0.0813. The molecule has 2 aromatic rings. The highest BCUT2D eigenvalue weighted by molar-refractivity contribution is 7.99. The molecule has 1 aliphatic rings. The normalized spacial score (nSPS) is 15.1. The van der Waals surface area contributed by atoms with E-state index in [2.05, 4.69) is 16.3 Å². The van der Waals surface area contributed by atoms with E-state index in [0.29, 0.717) is 43.4 Å². The summed E-state index contributed by atoms with van der Waals surface area (Å²) in [5.41, 5.74) is 1.60. The Kier molecular flexibility index (Phi) is 8.98. The molecule has 3 rings (SSSR count). The molecule has 1 aliphatic heterocycles. The Balaban J connectivity index is 1.46. The van der Waals surface area contributed by atoms with Gasteiger partial charge >= 0.3 is 0 Å². The third-order valence-corrected chi connectivity index (χ3v) is 6.96. The van der Waals surface area contributed by atoms with Crippen molar-refractivity contribution < 1.29 is 9.59 Å². The van der Waals surface area contributed by atoms with E-state index >= 15 is 0 Å². The van der Waals surface area contributed by atoms with Gasteiger partial charge in [-0.25, -0.2) is 0 Å². The molecule has 168 valence electrons. The minimum absolute atomic E-state index is 0.0549. The van der Waals surface area contributed by atoms with E-state index in [0.717, 1.165) is 16.1 Å². The fraction of sp³-hybridized carbons (Fsp3) is 0.375. The first-order chi connectivity index (χ1) is 15.5. The Hall–Kier alpha value is -2.53. The third kappa shape index (κ3) is 6.99. The molecule has 0 spiro atoms. The van der Waals surface area contributed by atoms with Gasteiger partial charge in [0.2, 0.25) is 11.8 Å². The van der Waals surface area contributed by atoms with E-state index in [9.17, 15) is 9.59 Å². The zero-order chi connectivity index (χ0) is 22.9. The van der Waals surface area contributed by atoms with Crippen molar-refractivity contribution in [1.29, 1.82) is 5.26 Å². The summed E-state index contributed by atoms with van der Waals surface area (Å²) >= 11 is 7.74. The number of nitrogens with zero attached hydrogens (tertiary/aromatic N) is 3. The number of amides is 2. The predicted molar refractivity (Wildman–Crippen MR) is 129 cm³/mol. The highest BCUT2D eigenvalue weighted by Crippen LogP contribution is 2.28. The third-order valence-electron chi connectivity index (χ3n) is 5.26. The number of carbonyl (C=O) groups excluding carboxylic acids is 2. The summed E-state index contributed by atoms with van der Waals surface area (Å²) in [6.07, 6.45) is 0.291. The molecule has 1 atom stereocenters. The standard InChI is InChI=1S/C24H27ClN4O2S/c1-18(15-26)17-32-22-9-5-4-8-21(22)27-23(30)16-28-10-12-29(13-11-28)24(31)14-19-6-2-3-7-20(19)25/h2-9,18H,10-14,16-17H2,1H3,(H,27,30). The fourth-order valence-electron chi connectivity index (χ4n) is 3.41.